The van der Waals surface area contributed by atoms with Crippen molar-refractivity contribution in [3.63, 3.8) is 0 Å². The molecule has 0 fully saturated rings. The second-order valence-electron chi connectivity index (χ2n) is 7.00. The molecule has 2 heterocycles. The van der Waals surface area contributed by atoms with Gasteiger partial charge < -0.3 is 5.32 Å². The first-order chi connectivity index (χ1) is 14.4. The molecule has 1 aromatic carbocycles. The number of nitrogens with one attached hydrogen (secondary N) is 2. The van der Waals surface area contributed by atoms with Crippen molar-refractivity contribution in [1.29, 1.82) is 0 Å². The van der Waals surface area contributed by atoms with Crippen molar-refractivity contribution in [2.45, 2.75) is 44.2 Å². The Morgan fingerprint density at radius 1 is 1.13 bits per heavy atom. The number of imidazole rings is 1. The Hall–Kier alpha value is -2.39. The van der Waals surface area contributed by atoms with Crippen LogP contribution >= 0.6 is 23.1 Å². The lowest BCUT2D eigenvalue weighted by Gasteiger charge is -2.15. The molecule has 1 aromatic rings. The molecular weight excluding hydrogens is 423 g/mol. The van der Waals surface area contributed by atoms with Crippen molar-refractivity contribution in [3.05, 3.63) is 50.9 Å². The Bertz CT molecular complexity index is 1050. The zero-order valence-corrected chi connectivity index (χ0v) is 18.9. The fourth-order valence-electron chi connectivity index (χ4n) is 2.95. The van der Waals surface area contributed by atoms with Crippen LogP contribution in [0.2, 0.25) is 0 Å². The molecule has 3 rings (SSSR count). The number of benzene rings is 1. The number of aryl methyl sites for hydroxylation is 2. The van der Waals surface area contributed by atoms with E-state index in [0.717, 1.165) is 38.9 Å². The average molecular weight is 449 g/mol. The fraction of sp³-hybridized carbons (Fsp3) is 0.381. The smallest absolute Gasteiger partial charge is 0.308 e. The normalized spacial score (nSPS) is 11.1. The standard InChI is InChI=1S/C21H25FN4O2S2/c1-13-7-9-16(10-8-13)23-20(27)24-18-17-19(29-12-6-4-5-11-22)30-15(3)14(2)26(17)21(28)25-18/h7-10H,4-6,11-12H2,1-3H3,(H2,23,24,25,27,28). The number of aromatic nitrogens is 2. The van der Waals surface area contributed by atoms with Crippen LogP contribution in [-0.4, -0.2) is 28.0 Å². The van der Waals surface area contributed by atoms with E-state index in [9.17, 15) is 14.0 Å². The van der Waals surface area contributed by atoms with E-state index in [0.29, 0.717) is 17.8 Å². The summed E-state index contributed by atoms with van der Waals surface area (Å²) in [4.78, 5) is 30.2. The van der Waals surface area contributed by atoms with Crippen molar-refractivity contribution in [1.82, 2.24) is 9.55 Å². The van der Waals surface area contributed by atoms with Crippen LogP contribution < -0.4 is 16.3 Å². The Balaban J connectivity index is 1.84. The van der Waals surface area contributed by atoms with Gasteiger partial charge in [-0.1, -0.05) is 24.1 Å². The van der Waals surface area contributed by atoms with Crippen LogP contribution in [0.4, 0.5) is 20.7 Å². The highest BCUT2D eigenvalue weighted by molar-refractivity contribution is 8.01. The Morgan fingerprint density at radius 2 is 1.87 bits per heavy atom. The highest BCUT2D eigenvalue weighted by Gasteiger charge is 2.24. The van der Waals surface area contributed by atoms with Gasteiger partial charge in [0.05, 0.1) is 10.9 Å². The van der Waals surface area contributed by atoms with Crippen molar-refractivity contribution in [2.24, 2.45) is 0 Å². The van der Waals surface area contributed by atoms with Crippen LogP contribution in [0.1, 0.15) is 35.4 Å². The highest BCUT2D eigenvalue weighted by atomic mass is 32.2. The molecule has 160 valence electrons. The van der Waals surface area contributed by atoms with Crippen LogP contribution in [0.25, 0.3) is 5.69 Å². The molecule has 2 N–H and O–H groups in total. The first kappa shape index (κ1) is 22.3. The molecule has 0 aromatic heterocycles. The number of alkyl halides is 1. The predicted molar refractivity (Wildman–Crippen MR) is 123 cm³/mol. The Morgan fingerprint density at radius 3 is 2.57 bits per heavy atom. The van der Waals surface area contributed by atoms with Gasteiger partial charge in [-0.15, -0.1) is 23.1 Å². The molecule has 0 atom stereocenters. The van der Waals surface area contributed by atoms with Gasteiger partial charge in [0, 0.05) is 16.3 Å². The summed E-state index contributed by atoms with van der Waals surface area (Å²) in [5.41, 5.74) is 2.76. The van der Waals surface area contributed by atoms with Gasteiger partial charge in [0.25, 0.3) is 0 Å². The number of fused-ring (bicyclic) bond motifs is 1. The van der Waals surface area contributed by atoms with Gasteiger partial charge in [-0.2, -0.15) is 4.98 Å². The lowest BCUT2D eigenvalue weighted by atomic mass is 10.2. The molecule has 6 nitrogen and oxygen atoms in total. The minimum atomic E-state index is -0.457. The third-order valence-electron chi connectivity index (χ3n) is 4.68. The van der Waals surface area contributed by atoms with E-state index >= 15 is 0 Å². The zero-order valence-electron chi connectivity index (χ0n) is 17.3. The quantitative estimate of drug-likeness (QED) is 0.351. The van der Waals surface area contributed by atoms with Crippen molar-refractivity contribution < 1.29 is 9.18 Å². The largest absolute Gasteiger partial charge is 0.354 e. The minimum Gasteiger partial charge on any atom is -0.308 e. The predicted octanol–water partition coefficient (Wildman–Crippen LogP) is 5.53. The molecule has 0 saturated carbocycles. The molecule has 0 saturated heterocycles. The maximum absolute atomic E-state index is 12.6. The number of nitrogens with zero attached hydrogens (tertiary/aromatic N) is 2. The lowest BCUT2D eigenvalue weighted by Crippen LogP contribution is -2.20. The van der Waals surface area contributed by atoms with E-state index < -0.39 is 11.7 Å². The SMILES string of the molecule is Cc1ccc(NC(=O)Nc2nc(=O)n3c(C)c(C)sc(SCCCCCF)c2-3)cc1. The Kier molecular flexibility index (Phi) is 7.49. The maximum Gasteiger partial charge on any atom is 0.354 e. The van der Waals surface area contributed by atoms with E-state index in [4.69, 9.17) is 0 Å². The lowest BCUT2D eigenvalue weighted by molar-refractivity contribution is 0.262. The highest BCUT2D eigenvalue weighted by Crippen LogP contribution is 2.38. The third-order valence-corrected chi connectivity index (χ3v) is 7.22. The van der Waals surface area contributed by atoms with E-state index in [1.54, 1.807) is 27.7 Å². The van der Waals surface area contributed by atoms with Gasteiger partial charge in [-0.25, -0.2) is 9.59 Å². The van der Waals surface area contributed by atoms with Gasteiger partial charge >= 0.3 is 11.7 Å². The number of urea groups is 1. The summed E-state index contributed by atoms with van der Waals surface area (Å²) in [6.07, 6.45) is 2.27. The van der Waals surface area contributed by atoms with E-state index in [1.165, 1.54) is 0 Å². The zero-order chi connectivity index (χ0) is 21.7. The number of carbonyl (C=O) groups is 1. The molecule has 0 unspecified atom stereocenters. The first-order valence-corrected chi connectivity index (χ1v) is 11.6. The van der Waals surface area contributed by atoms with Crippen molar-refractivity contribution >= 4 is 40.6 Å². The average Bonchev–Trinajstić information content (AvgIpc) is 3.03. The molecule has 0 radical (unpaired) electrons. The molecule has 9 heteroatoms. The second kappa shape index (κ2) is 10.1. The van der Waals surface area contributed by atoms with Crippen molar-refractivity contribution in [3.8, 4) is 5.69 Å². The van der Waals surface area contributed by atoms with Crippen LogP contribution in [0.5, 0.6) is 0 Å². The fourth-order valence-corrected chi connectivity index (χ4v) is 5.47. The molecule has 2 aliphatic rings. The number of hydrogen-bond acceptors (Lipinski definition) is 5. The van der Waals surface area contributed by atoms with Gasteiger partial charge in [-0.3, -0.25) is 14.3 Å². The van der Waals surface area contributed by atoms with E-state index in [-0.39, 0.29) is 12.5 Å². The molecule has 2 aliphatic heterocycles. The van der Waals surface area contributed by atoms with Crippen molar-refractivity contribution in [2.75, 3.05) is 23.1 Å². The van der Waals surface area contributed by atoms with Gasteiger partial charge in [0.1, 0.15) is 5.69 Å². The first-order valence-electron chi connectivity index (χ1n) is 9.77. The summed E-state index contributed by atoms with van der Waals surface area (Å²) >= 11 is 3.18. The monoisotopic (exact) mass is 448 g/mol. The maximum atomic E-state index is 12.6. The number of anilines is 2. The number of carbonyl (C=O) groups excluding carboxylic acids is 1. The Labute approximate surface area is 183 Å². The summed E-state index contributed by atoms with van der Waals surface area (Å²) in [5.74, 6) is 1.05. The minimum absolute atomic E-state index is 0.246. The summed E-state index contributed by atoms with van der Waals surface area (Å²) in [6.45, 7) is 5.50. The number of amides is 2. The third kappa shape index (κ3) is 5.20. The number of rotatable bonds is 8. The topological polar surface area (TPSA) is 76.0 Å². The summed E-state index contributed by atoms with van der Waals surface area (Å²) < 4.78 is 14.8. The summed E-state index contributed by atoms with van der Waals surface area (Å²) in [6, 6.07) is 6.98. The molecule has 0 bridgehead atoms. The number of thioether (sulfide) groups is 1. The van der Waals surface area contributed by atoms with Gasteiger partial charge in [0.15, 0.2) is 5.82 Å². The molecule has 30 heavy (non-hydrogen) atoms. The van der Waals surface area contributed by atoms with Gasteiger partial charge in [-0.05, 0) is 51.5 Å². The number of halogens is 1. The molecule has 2 amide bonds. The van der Waals surface area contributed by atoms with Gasteiger partial charge in [0.2, 0.25) is 0 Å². The summed E-state index contributed by atoms with van der Waals surface area (Å²) in [7, 11) is 0. The second-order valence-corrected chi connectivity index (χ2v) is 9.59. The molecule has 0 aliphatic carbocycles. The van der Waals surface area contributed by atoms with Crippen LogP contribution in [0.3, 0.4) is 0 Å². The molecular formula is C21H25FN4O2S2. The number of hydrogen-bond donors (Lipinski definition) is 2. The molecule has 0 spiro atoms. The number of unbranched alkanes of at least 4 members (excludes halogenated alkanes) is 2. The van der Waals surface area contributed by atoms with E-state index in [1.807, 2.05) is 45.0 Å². The van der Waals surface area contributed by atoms with Crippen LogP contribution in [0.15, 0.2) is 33.3 Å². The summed E-state index contributed by atoms with van der Waals surface area (Å²) in [5, 5.41) is 5.49. The van der Waals surface area contributed by atoms with Crippen LogP contribution in [-0.2, 0) is 0 Å². The van der Waals surface area contributed by atoms with Crippen LogP contribution in [0, 0.1) is 20.8 Å². The van der Waals surface area contributed by atoms with E-state index in [2.05, 4.69) is 15.6 Å².